The first-order valence-electron chi connectivity index (χ1n) is 9.07. The van der Waals surface area contributed by atoms with Crippen molar-refractivity contribution in [3.8, 4) is 5.75 Å². The monoisotopic (exact) mass is 391 g/mol. The number of carbonyl (C=O) groups excluding carboxylic acids is 4. The first-order chi connectivity index (χ1) is 13.2. The summed E-state index contributed by atoms with van der Waals surface area (Å²) >= 11 is 0. The van der Waals surface area contributed by atoms with E-state index in [2.05, 4.69) is 10.6 Å². The van der Waals surface area contributed by atoms with Gasteiger partial charge in [0.25, 0.3) is 11.8 Å². The highest BCUT2D eigenvalue weighted by Gasteiger charge is 2.47. The first-order valence-corrected chi connectivity index (χ1v) is 9.07. The van der Waals surface area contributed by atoms with E-state index in [0.717, 1.165) is 4.90 Å². The van der Waals surface area contributed by atoms with Crippen LogP contribution in [-0.4, -0.2) is 53.5 Å². The van der Waals surface area contributed by atoms with Gasteiger partial charge in [-0.15, -0.1) is 0 Å². The van der Waals surface area contributed by atoms with E-state index in [1.54, 1.807) is 38.1 Å². The van der Waals surface area contributed by atoms with Gasteiger partial charge < -0.3 is 20.1 Å². The summed E-state index contributed by atoms with van der Waals surface area (Å²) < 4.78 is 10.4. The van der Waals surface area contributed by atoms with E-state index in [9.17, 15) is 19.2 Å². The Hall–Kier alpha value is -3.10. The van der Waals surface area contributed by atoms with Gasteiger partial charge in [0, 0.05) is 5.69 Å². The Morgan fingerprint density at radius 1 is 1.21 bits per heavy atom. The lowest BCUT2D eigenvalue weighted by atomic mass is 9.99. The fraction of sp³-hybridized carbons (Fsp3) is 0.474. The Balaban J connectivity index is 1.88. The number of nitrogens with zero attached hydrogens (tertiary/aromatic N) is 1. The molecule has 28 heavy (non-hydrogen) atoms. The highest BCUT2D eigenvalue weighted by molar-refractivity contribution is 6.08. The predicted octanol–water partition coefficient (Wildman–Crippen LogP) is 1.68. The highest BCUT2D eigenvalue weighted by Crippen LogP contribution is 2.21. The fourth-order valence-electron chi connectivity index (χ4n) is 2.59. The minimum absolute atomic E-state index is 0.393. The van der Waals surface area contributed by atoms with E-state index < -0.39 is 42.0 Å². The predicted molar refractivity (Wildman–Crippen MR) is 101 cm³/mol. The molecule has 0 spiro atoms. The molecule has 0 unspecified atom stereocenters. The quantitative estimate of drug-likeness (QED) is 0.515. The van der Waals surface area contributed by atoms with Gasteiger partial charge in [0.05, 0.1) is 6.61 Å². The number of amides is 4. The maximum atomic E-state index is 12.3. The summed E-state index contributed by atoms with van der Waals surface area (Å²) in [4.78, 5) is 49.3. The molecule has 1 fully saturated rings. The van der Waals surface area contributed by atoms with Crippen LogP contribution in [0.2, 0.25) is 0 Å². The Kier molecular flexibility index (Phi) is 6.61. The average molecular weight is 391 g/mol. The molecule has 1 aliphatic rings. The zero-order valence-corrected chi connectivity index (χ0v) is 16.4. The van der Waals surface area contributed by atoms with Crippen molar-refractivity contribution >= 4 is 29.5 Å². The Bertz CT molecular complexity index is 763. The van der Waals surface area contributed by atoms with Gasteiger partial charge in [-0.05, 0) is 51.5 Å². The number of ether oxygens (including phenoxy) is 2. The second-order valence-electron chi connectivity index (χ2n) is 6.59. The minimum Gasteiger partial charge on any atom is -0.494 e. The van der Waals surface area contributed by atoms with Crippen molar-refractivity contribution in [3.63, 3.8) is 0 Å². The molecular formula is C19H25N3O6. The van der Waals surface area contributed by atoms with E-state index >= 15 is 0 Å². The molecule has 2 rings (SSSR count). The Morgan fingerprint density at radius 3 is 2.39 bits per heavy atom. The maximum Gasteiger partial charge on any atom is 0.327 e. The van der Waals surface area contributed by atoms with Gasteiger partial charge in [0.15, 0.2) is 6.10 Å². The van der Waals surface area contributed by atoms with Crippen molar-refractivity contribution in [2.24, 2.45) is 0 Å². The van der Waals surface area contributed by atoms with Crippen molar-refractivity contribution in [3.05, 3.63) is 24.3 Å². The van der Waals surface area contributed by atoms with Crippen LogP contribution in [0.3, 0.4) is 0 Å². The summed E-state index contributed by atoms with van der Waals surface area (Å²) in [7, 11) is 0. The maximum absolute atomic E-state index is 12.3. The summed E-state index contributed by atoms with van der Waals surface area (Å²) in [5.74, 6) is -1.21. The van der Waals surface area contributed by atoms with Gasteiger partial charge in [-0.25, -0.2) is 4.79 Å². The van der Waals surface area contributed by atoms with E-state index in [4.69, 9.17) is 9.47 Å². The van der Waals surface area contributed by atoms with E-state index in [-0.39, 0.29) is 0 Å². The lowest BCUT2D eigenvalue weighted by molar-refractivity contribution is -0.155. The van der Waals surface area contributed by atoms with E-state index in [1.165, 1.54) is 6.92 Å². The molecule has 4 amide bonds. The molecule has 0 aromatic heterocycles. The molecule has 152 valence electrons. The molecule has 9 nitrogen and oxygen atoms in total. The molecule has 1 aliphatic heterocycles. The molecule has 0 radical (unpaired) electrons. The van der Waals surface area contributed by atoms with E-state index in [0.29, 0.717) is 24.5 Å². The smallest absolute Gasteiger partial charge is 0.327 e. The number of esters is 1. The molecule has 2 atom stereocenters. The van der Waals surface area contributed by atoms with Crippen molar-refractivity contribution in [1.29, 1.82) is 0 Å². The number of hydrogen-bond acceptors (Lipinski definition) is 6. The first kappa shape index (κ1) is 21.2. The van der Waals surface area contributed by atoms with Crippen LogP contribution >= 0.6 is 0 Å². The molecule has 1 heterocycles. The van der Waals surface area contributed by atoms with E-state index in [1.807, 2.05) is 6.92 Å². The van der Waals surface area contributed by atoms with Gasteiger partial charge in [-0.1, -0.05) is 6.92 Å². The minimum atomic E-state index is -1.10. The summed E-state index contributed by atoms with van der Waals surface area (Å²) in [5.41, 5.74) is -0.516. The van der Waals surface area contributed by atoms with Crippen LogP contribution in [0.25, 0.3) is 0 Å². The van der Waals surface area contributed by atoms with Crippen molar-refractivity contribution in [2.75, 3.05) is 18.5 Å². The molecule has 1 saturated heterocycles. The highest BCUT2D eigenvalue weighted by atomic mass is 16.5. The van der Waals surface area contributed by atoms with Crippen LogP contribution in [0, 0.1) is 0 Å². The number of hydrogen-bond donors (Lipinski definition) is 2. The van der Waals surface area contributed by atoms with Gasteiger partial charge >= 0.3 is 12.0 Å². The SMILES string of the molecule is CCOc1ccc(NC(=O)[C@@H](C)OC(=O)CN2C(=O)N[C@](C)(CC)C2=O)cc1. The zero-order chi connectivity index (χ0) is 20.9. The number of rotatable bonds is 8. The third-order valence-electron chi connectivity index (χ3n) is 4.45. The molecule has 2 N–H and O–H groups in total. The standard InChI is InChI=1S/C19H25N3O6/c1-5-19(4)17(25)22(18(26)21-19)11-15(23)28-12(3)16(24)20-13-7-9-14(10-8-13)27-6-2/h7-10,12H,5-6,11H2,1-4H3,(H,20,24)(H,21,26)/t12-,19-/m1/s1. The number of nitrogens with one attached hydrogen (secondary N) is 2. The molecule has 9 heteroatoms. The lowest BCUT2D eigenvalue weighted by Gasteiger charge is -2.19. The Morgan fingerprint density at radius 2 is 1.86 bits per heavy atom. The van der Waals surface area contributed by atoms with Crippen LogP contribution in [0.4, 0.5) is 10.5 Å². The summed E-state index contributed by atoms with van der Waals surface area (Å²) in [6, 6.07) is 6.08. The third kappa shape index (κ3) is 4.79. The van der Waals surface area contributed by atoms with Crippen molar-refractivity contribution in [1.82, 2.24) is 10.2 Å². The molecule has 0 saturated carbocycles. The van der Waals surface area contributed by atoms with Gasteiger partial charge in [-0.3, -0.25) is 19.3 Å². The molecule has 1 aromatic rings. The summed E-state index contributed by atoms with van der Waals surface area (Å²) in [6.07, 6.45) is -0.707. The number of benzene rings is 1. The lowest BCUT2D eigenvalue weighted by Crippen LogP contribution is -2.44. The second-order valence-corrected chi connectivity index (χ2v) is 6.59. The summed E-state index contributed by atoms with van der Waals surface area (Å²) in [6.45, 7) is 6.60. The molecular weight excluding hydrogens is 366 g/mol. The van der Waals surface area contributed by atoms with Crippen LogP contribution in [0.1, 0.15) is 34.1 Å². The largest absolute Gasteiger partial charge is 0.494 e. The van der Waals surface area contributed by atoms with Gasteiger partial charge in [-0.2, -0.15) is 0 Å². The molecule has 1 aromatic carbocycles. The second kappa shape index (κ2) is 8.73. The number of urea groups is 1. The molecule has 0 bridgehead atoms. The number of carbonyl (C=O) groups is 4. The molecule has 0 aliphatic carbocycles. The zero-order valence-electron chi connectivity index (χ0n) is 16.4. The van der Waals surface area contributed by atoms with Crippen molar-refractivity contribution in [2.45, 2.75) is 45.8 Å². The van der Waals surface area contributed by atoms with Gasteiger partial charge in [0.2, 0.25) is 0 Å². The number of imide groups is 1. The van der Waals surface area contributed by atoms with Crippen LogP contribution in [0.15, 0.2) is 24.3 Å². The normalized spacial score (nSPS) is 19.8. The topological polar surface area (TPSA) is 114 Å². The average Bonchev–Trinajstić information content (AvgIpc) is 2.87. The van der Waals surface area contributed by atoms with Crippen molar-refractivity contribution < 1.29 is 28.7 Å². The van der Waals surface area contributed by atoms with Crippen LogP contribution in [-0.2, 0) is 19.1 Å². The van der Waals surface area contributed by atoms with Gasteiger partial charge in [0.1, 0.15) is 17.8 Å². The Labute approximate surface area is 163 Å². The fourth-order valence-corrected chi connectivity index (χ4v) is 2.59. The van der Waals surface area contributed by atoms with Crippen LogP contribution in [0.5, 0.6) is 5.75 Å². The van der Waals surface area contributed by atoms with Crippen LogP contribution < -0.4 is 15.4 Å². The summed E-state index contributed by atoms with van der Waals surface area (Å²) in [5, 5.41) is 5.17. The number of anilines is 1. The third-order valence-corrected chi connectivity index (χ3v) is 4.45.